The van der Waals surface area contributed by atoms with Gasteiger partial charge in [0.1, 0.15) is 23.9 Å². The molecule has 2 heterocycles. The zero-order valence-electron chi connectivity index (χ0n) is 23.5. The van der Waals surface area contributed by atoms with Crippen molar-refractivity contribution in [2.45, 2.75) is 88.6 Å². The van der Waals surface area contributed by atoms with Crippen molar-refractivity contribution < 1.29 is 23.2 Å². The van der Waals surface area contributed by atoms with Crippen LogP contribution in [0.15, 0.2) is 51.3 Å². The summed E-state index contributed by atoms with van der Waals surface area (Å²) in [7, 11) is -1.59. The Hall–Kier alpha value is -2.37. The third-order valence-electron chi connectivity index (χ3n) is 6.70. The van der Waals surface area contributed by atoms with Crippen molar-refractivity contribution in [3.8, 4) is 5.75 Å². The van der Waals surface area contributed by atoms with Crippen LogP contribution in [0.4, 0.5) is 4.39 Å². The summed E-state index contributed by atoms with van der Waals surface area (Å²) in [5.41, 5.74) is 2.76. The Kier molecular flexibility index (Phi) is 8.82. The molecule has 0 radical (unpaired) electrons. The zero-order valence-corrected chi connectivity index (χ0v) is 25.2. The van der Waals surface area contributed by atoms with Crippen LogP contribution in [0.25, 0.3) is 0 Å². The summed E-state index contributed by atoms with van der Waals surface area (Å²) in [6.07, 6.45) is 1.37. The monoisotopic (exact) mass is 575 g/mol. The third kappa shape index (κ3) is 7.05. The Morgan fingerprint density at radius 3 is 2.31 bits per heavy atom. The molecule has 2 aromatic carbocycles. The molecule has 1 aliphatic rings. The van der Waals surface area contributed by atoms with E-state index in [0.29, 0.717) is 11.3 Å². The number of epoxide rings is 1. The van der Waals surface area contributed by atoms with Crippen LogP contribution >= 0.6 is 11.3 Å². The van der Waals surface area contributed by atoms with Crippen LogP contribution in [0.3, 0.4) is 0 Å². The first-order chi connectivity index (χ1) is 18.3. The van der Waals surface area contributed by atoms with Crippen molar-refractivity contribution in [1.29, 1.82) is 0 Å². The predicted molar refractivity (Wildman–Crippen MR) is 153 cm³/mol. The fourth-order valence-corrected chi connectivity index (χ4v) is 7.42. The summed E-state index contributed by atoms with van der Waals surface area (Å²) in [6, 6.07) is 10.6. The van der Waals surface area contributed by atoms with Crippen molar-refractivity contribution in [3.63, 3.8) is 0 Å². The normalized spacial score (nSPS) is 18.8. The molecule has 1 saturated heterocycles. The number of nitrogens with zero attached hydrogens (tertiary/aromatic N) is 2. The van der Waals surface area contributed by atoms with Gasteiger partial charge in [0.15, 0.2) is 9.92 Å². The summed E-state index contributed by atoms with van der Waals surface area (Å²) in [6.45, 7) is 11.7. The van der Waals surface area contributed by atoms with Gasteiger partial charge in [-0.2, -0.15) is 4.72 Å². The van der Waals surface area contributed by atoms with E-state index in [9.17, 15) is 13.7 Å². The largest absolute Gasteiger partial charge is 0.497 e. The van der Waals surface area contributed by atoms with Gasteiger partial charge in [0.25, 0.3) is 0 Å². The summed E-state index contributed by atoms with van der Waals surface area (Å²) in [5.74, 6) is 0.795. The lowest BCUT2D eigenvalue weighted by atomic mass is 9.86. The zero-order chi connectivity index (χ0) is 28.5. The van der Waals surface area contributed by atoms with E-state index < -0.39 is 21.7 Å². The van der Waals surface area contributed by atoms with Crippen molar-refractivity contribution in [2.24, 2.45) is 4.36 Å². The molecule has 39 heavy (non-hydrogen) atoms. The Balaban J connectivity index is 1.61. The van der Waals surface area contributed by atoms with E-state index >= 15 is 0 Å². The molecule has 0 spiro atoms. The number of aliphatic hydroxyl groups is 1. The van der Waals surface area contributed by atoms with E-state index in [1.807, 2.05) is 24.3 Å². The average molecular weight is 576 g/mol. The fraction of sp³-hybridized carbons (Fsp3) is 0.483. The number of hydrogen-bond acceptors (Lipinski definition) is 7. The molecule has 4 rings (SSSR count). The molecule has 3 unspecified atom stereocenters. The molecule has 0 aliphatic carbocycles. The number of benzene rings is 2. The maximum Gasteiger partial charge on any atom is 0.204 e. The Morgan fingerprint density at radius 1 is 1.18 bits per heavy atom. The minimum absolute atomic E-state index is 0.151. The molecule has 2 N–H and O–H groups in total. The van der Waals surface area contributed by atoms with Crippen LogP contribution in [-0.2, 0) is 33.2 Å². The molecule has 1 aliphatic heterocycles. The lowest BCUT2D eigenvalue weighted by molar-refractivity contribution is 0.0823. The van der Waals surface area contributed by atoms with Gasteiger partial charge in [-0.05, 0) is 72.2 Å². The maximum absolute atomic E-state index is 14.4. The molecular weight excluding hydrogens is 537 g/mol. The summed E-state index contributed by atoms with van der Waals surface area (Å²) in [4.78, 5) is 4.97. The summed E-state index contributed by atoms with van der Waals surface area (Å²) in [5, 5.41) is 10.5. The van der Waals surface area contributed by atoms with E-state index in [1.54, 1.807) is 33.1 Å². The van der Waals surface area contributed by atoms with Crippen LogP contribution in [0, 0.1) is 5.82 Å². The second kappa shape index (κ2) is 11.6. The van der Waals surface area contributed by atoms with E-state index in [2.05, 4.69) is 41.8 Å². The van der Waals surface area contributed by atoms with Gasteiger partial charge in [0.2, 0.25) is 4.34 Å². The number of aromatic nitrogens is 1. The predicted octanol–water partition coefficient (Wildman–Crippen LogP) is 6.26. The smallest absolute Gasteiger partial charge is 0.204 e. The first-order valence-electron chi connectivity index (χ1n) is 13.1. The number of hydrogen-bond donors (Lipinski definition) is 2. The van der Waals surface area contributed by atoms with Crippen LogP contribution in [0.2, 0.25) is 0 Å². The number of nitrogens with one attached hydrogen (secondary N) is 1. The molecule has 7 nitrogen and oxygen atoms in total. The Morgan fingerprint density at radius 2 is 1.79 bits per heavy atom. The number of methoxy groups -OCH3 is 1. The molecular formula is C29H38FN3O4S2. The first kappa shape index (κ1) is 29.6. The molecule has 0 bridgehead atoms. The van der Waals surface area contributed by atoms with Crippen molar-refractivity contribution >= 4 is 21.3 Å². The van der Waals surface area contributed by atoms with Gasteiger partial charge in [-0.25, -0.2) is 17.9 Å². The van der Waals surface area contributed by atoms with Crippen LogP contribution < -0.4 is 9.46 Å². The van der Waals surface area contributed by atoms with E-state index in [1.165, 1.54) is 17.5 Å². The Labute approximate surface area is 235 Å². The minimum atomic E-state index is -3.19. The van der Waals surface area contributed by atoms with Crippen LogP contribution in [-0.4, -0.2) is 33.7 Å². The van der Waals surface area contributed by atoms with Crippen LogP contribution in [0.5, 0.6) is 5.75 Å². The SMILES string of the molecule is COc1ccc(CN=S(=O)(NC2OC2Cc2c(C(C)C)cc(F)cc2C(C)C)c2ncc(C(C)(C)O)s2)cc1. The van der Waals surface area contributed by atoms with Crippen molar-refractivity contribution in [3.05, 3.63) is 75.5 Å². The highest BCUT2D eigenvalue weighted by Crippen LogP contribution is 2.36. The van der Waals surface area contributed by atoms with Gasteiger partial charge in [0.05, 0.1) is 24.1 Å². The van der Waals surface area contributed by atoms with Gasteiger partial charge in [0, 0.05) is 12.6 Å². The topological polar surface area (TPSA) is 96.3 Å². The van der Waals surface area contributed by atoms with Crippen molar-refractivity contribution in [1.82, 2.24) is 9.71 Å². The Bertz CT molecular complexity index is 1390. The summed E-state index contributed by atoms with van der Waals surface area (Å²) < 4.78 is 47.9. The van der Waals surface area contributed by atoms with Gasteiger partial charge in [-0.15, -0.1) is 11.3 Å². The third-order valence-corrected chi connectivity index (χ3v) is 10.4. The molecule has 10 heteroatoms. The van der Waals surface area contributed by atoms with Gasteiger partial charge in [-0.3, -0.25) is 0 Å². The number of halogens is 1. The average Bonchev–Trinajstić information content (AvgIpc) is 3.36. The van der Waals surface area contributed by atoms with Gasteiger partial charge >= 0.3 is 0 Å². The second-order valence-electron chi connectivity index (χ2n) is 11.0. The van der Waals surface area contributed by atoms with E-state index in [-0.39, 0.29) is 34.6 Å². The highest BCUT2D eigenvalue weighted by atomic mass is 32.2. The maximum atomic E-state index is 14.4. The second-order valence-corrected chi connectivity index (χ2v) is 14.2. The molecule has 0 saturated carbocycles. The fourth-order valence-electron chi connectivity index (χ4n) is 4.41. The molecule has 1 fully saturated rings. The molecule has 3 aromatic rings. The lowest BCUT2D eigenvalue weighted by Gasteiger charge is -2.19. The quantitative estimate of drug-likeness (QED) is 0.263. The lowest BCUT2D eigenvalue weighted by Crippen LogP contribution is -2.28. The van der Waals surface area contributed by atoms with E-state index in [0.717, 1.165) is 28.0 Å². The first-order valence-corrected chi connectivity index (χ1v) is 15.4. The van der Waals surface area contributed by atoms with E-state index in [4.69, 9.17) is 9.47 Å². The molecule has 0 amide bonds. The number of ether oxygens (including phenoxy) is 2. The highest BCUT2D eigenvalue weighted by Gasteiger charge is 2.43. The molecule has 1 aromatic heterocycles. The van der Waals surface area contributed by atoms with Gasteiger partial charge in [-0.1, -0.05) is 39.8 Å². The van der Waals surface area contributed by atoms with Crippen LogP contribution in [0.1, 0.15) is 80.5 Å². The highest BCUT2D eigenvalue weighted by molar-refractivity contribution is 7.93. The minimum Gasteiger partial charge on any atom is -0.497 e. The number of thiazole rings is 1. The van der Waals surface area contributed by atoms with Gasteiger partial charge < -0.3 is 14.6 Å². The summed E-state index contributed by atoms with van der Waals surface area (Å²) >= 11 is 1.17. The number of rotatable bonds is 11. The molecule has 212 valence electrons. The molecule has 3 atom stereocenters. The standard InChI is InChI=1S/C29H38FN3O4S2/c1-17(2)22-12-20(30)13-23(18(3)4)24(22)14-25-27(37-25)33-39(35,28-31-16-26(38-28)29(5,6)34)32-15-19-8-10-21(36-7)11-9-19/h8-13,16-18,25,27,34H,14-15H2,1-7H3,(H,32,33,35). The van der Waals surface area contributed by atoms with Crippen molar-refractivity contribution in [2.75, 3.05) is 7.11 Å².